The highest BCUT2D eigenvalue weighted by atomic mass is 16.5. The lowest BCUT2D eigenvalue weighted by Crippen LogP contribution is -2.39. The van der Waals surface area contributed by atoms with Gasteiger partial charge in [-0.2, -0.15) is 0 Å². The number of hydrogen-bond donors (Lipinski definition) is 1. The molecule has 2 heterocycles. The fraction of sp³-hybridized carbons (Fsp3) is 0.394. The molecule has 0 radical (unpaired) electrons. The molecule has 2 aliphatic heterocycles. The largest absolute Gasteiger partial charge is 0.497 e. The van der Waals surface area contributed by atoms with Gasteiger partial charge in [-0.05, 0) is 46.9 Å². The number of nitrogens with one attached hydrogen (secondary N) is 1. The zero-order valence-electron chi connectivity index (χ0n) is 24.4. The van der Waals surface area contributed by atoms with Crippen molar-refractivity contribution < 1.29 is 28.5 Å². The van der Waals surface area contributed by atoms with Crippen LogP contribution in [0.15, 0.2) is 60.7 Å². The van der Waals surface area contributed by atoms with Gasteiger partial charge in [-0.25, -0.2) is 4.79 Å². The Morgan fingerprint density at radius 1 is 1.00 bits per heavy atom. The number of rotatable bonds is 8. The number of anilines is 1. The van der Waals surface area contributed by atoms with Crippen molar-refractivity contribution in [3.05, 3.63) is 88.5 Å². The highest BCUT2D eigenvalue weighted by Gasteiger charge is 2.52. The molecule has 41 heavy (non-hydrogen) atoms. The lowest BCUT2D eigenvalue weighted by molar-refractivity contribution is -0.118. The zero-order valence-corrected chi connectivity index (χ0v) is 24.4. The monoisotopic (exact) mass is 558 g/mol. The highest BCUT2D eigenvalue weighted by Crippen LogP contribution is 2.52. The summed E-state index contributed by atoms with van der Waals surface area (Å²) < 4.78 is 22.5. The summed E-state index contributed by atoms with van der Waals surface area (Å²) in [5.74, 6) is 0.515. The first-order chi connectivity index (χ1) is 19.7. The first-order valence-corrected chi connectivity index (χ1v) is 14.0. The van der Waals surface area contributed by atoms with Crippen molar-refractivity contribution in [3.8, 4) is 11.5 Å². The minimum absolute atomic E-state index is 0.187. The molecule has 0 saturated carbocycles. The van der Waals surface area contributed by atoms with E-state index in [1.807, 2.05) is 36.4 Å². The zero-order chi connectivity index (χ0) is 29.2. The number of methoxy groups -OCH3 is 2. The number of ether oxygens (including phenoxy) is 4. The van der Waals surface area contributed by atoms with Crippen molar-refractivity contribution >= 4 is 17.6 Å². The number of morpholine rings is 1. The average molecular weight is 559 g/mol. The Morgan fingerprint density at radius 2 is 1.73 bits per heavy atom. The molecule has 1 fully saturated rings. The molecule has 0 bridgehead atoms. The van der Waals surface area contributed by atoms with Gasteiger partial charge in [0.15, 0.2) is 0 Å². The summed E-state index contributed by atoms with van der Waals surface area (Å²) in [6.07, 6.45) is 0. The topological polar surface area (TPSA) is 86.3 Å². The molecule has 216 valence electrons. The van der Waals surface area contributed by atoms with E-state index < -0.39 is 11.4 Å². The first-order valence-electron chi connectivity index (χ1n) is 14.0. The molecule has 3 aromatic carbocycles. The summed E-state index contributed by atoms with van der Waals surface area (Å²) in [6.45, 7) is 10.8. The molecular weight excluding hydrogens is 520 g/mol. The number of benzene rings is 3. The summed E-state index contributed by atoms with van der Waals surface area (Å²) in [5.41, 5.74) is 2.45. The van der Waals surface area contributed by atoms with Crippen LogP contribution in [0, 0.1) is 0 Å². The molecule has 3 aromatic rings. The highest BCUT2D eigenvalue weighted by molar-refractivity contribution is 6.15. The van der Waals surface area contributed by atoms with Crippen LogP contribution in [-0.2, 0) is 25.1 Å². The maximum Gasteiger partial charge on any atom is 0.339 e. The predicted octanol–water partition coefficient (Wildman–Crippen LogP) is 4.78. The predicted molar refractivity (Wildman–Crippen MR) is 157 cm³/mol. The van der Waals surface area contributed by atoms with E-state index >= 15 is 0 Å². The minimum atomic E-state index is -1.29. The van der Waals surface area contributed by atoms with Crippen LogP contribution in [0.3, 0.4) is 0 Å². The summed E-state index contributed by atoms with van der Waals surface area (Å²) in [4.78, 5) is 29.5. The average Bonchev–Trinajstić information content (AvgIpc) is 3.29. The molecule has 1 unspecified atom stereocenters. The smallest absolute Gasteiger partial charge is 0.339 e. The van der Waals surface area contributed by atoms with E-state index in [4.69, 9.17) is 18.9 Å². The van der Waals surface area contributed by atoms with Crippen LogP contribution in [0.1, 0.15) is 53.4 Å². The van der Waals surface area contributed by atoms with Gasteiger partial charge in [0.25, 0.3) is 0 Å². The van der Waals surface area contributed by atoms with Gasteiger partial charge in [-0.3, -0.25) is 9.69 Å². The number of esters is 1. The fourth-order valence-electron chi connectivity index (χ4n) is 5.68. The van der Waals surface area contributed by atoms with Crippen LogP contribution in [-0.4, -0.2) is 70.5 Å². The Balaban J connectivity index is 1.72. The number of carbonyl (C=O) groups is 2. The molecule has 0 aromatic heterocycles. The SMILES string of the molecule is COC(=O)c1cccc2c1NC(=O)C2(c1ccc(OC)cc1)c1cc(C(C)(C)C)ccc1OCCN1CCOCC1. The van der Waals surface area contributed by atoms with Crippen LogP contribution >= 0.6 is 0 Å². The molecule has 0 spiro atoms. The van der Waals surface area contributed by atoms with Crippen LogP contribution < -0.4 is 14.8 Å². The number of fused-ring (bicyclic) bond motifs is 1. The van der Waals surface area contributed by atoms with E-state index in [0.717, 1.165) is 36.3 Å². The summed E-state index contributed by atoms with van der Waals surface area (Å²) >= 11 is 0. The van der Waals surface area contributed by atoms with Crippen molar-refractivity contribution in [2.75, 3.05) is 59.0 Å². The summed E-state index contributed by atoms with van der Waals surface area (Å²) in [5, 5.41) is 3.04. The molecule has 8 heteroatoms. The van der Waals surface area contributed by atoms with Crippen molar-refractivity contribution in [1.82, 2.24) is 4.90 Å². The standard InChI is InChI=1S/C33H38N2O6/c1-32(2,3)23-11-14-28(41-20-17-35-15-18-40-19-16-35)27(21-23)33(22-9-12-24(38-4)13-10-22)26-8-6-7-25(30(36)39-5)29(26)34-31(33)37/h6-14,21H,15-20H2,1-5H3,(H,34,37). The molecule has 1 atom stereocenters. The number of para-hydroxylation sites is 1. The molecule has 1 saturated heterocycles. The van der Waals surface area contributed by atoms with Crippen molar-refractivity contribution in [2.24, 2.45) is 0 Å². The summed E-state index contributed by atoms with van der Waals surface area (Å²) in [6, 6.07) is 19.0. The van der Waals surface area contributed by atoms with Gasteiger partial charge in [0, 0.05) is 30.8 Å². The molecule has 5 rings (SSSR count). The fourth-order valence-corrected chi connectivity index (χ4v) is 5.68. The number of amides is 1. The van der Waals surface area contributed by atoms with Gasteiger partial charge in [0.05, 0.1) is 38.7 Å². The van der Waals surface area contributed by atoms with Crippen molar-refractivity contribution in [3.63, 3.8) is 0 Å². The Bertz CT molecular complexity index is 1420. The van der Waals surface area contributed by atoms with Crippen molar-refractivity contribution in [1.29, 1.82) is 0 Å². The molecule has 1 N–H and O–H groups in total. The second-order valence-electron chi connectivity index (χ2n) is 11.4. The quantitative estimate of drug-likeness (QED) is 0.399. The van der Waals surface area contributed by atoms with Gasteiger partial charge in [-0.15, -0.1) is 0 Å². The molecule has 2 aliphatic rings. The van der Waals surface area contributed by atoms with Gasteiger partial charge < -0.3 is 24.3 Å². The van der Waals surface area contributed by atoms with Gasteiger partial charge >= 0.3 is 5.97 Å². The minimum Gasteiger partial charge on any atom is -0.497 e. The second kappa shape index (κ2) is 11.5. The first kappa shape index (κ1) is 28.6. The number of hydrogen-bond acceptors (Lipinski definition) is 7. The van der Waals surface area contributed by atoms with Gasteiger partial charge in [-0.1, -0.05) is 51.1 Å². The van der Waals surface area contributed by atoms with Crippen LogP contribution in [0.4, 0.5) is 5.69 Å². The van der Waals surface area contributed by atoms with E-state index in [1.54, 1.807) is 19.2 Å². The van der Waals surface area contributed by atoms with E-state index in [9.17, 15) is 9.59 Å². The Labute approximate surface area is 241 Å². The van der Waals surface area contributed by atoms with Crippen LogP contribution in [0.5, 0.6) is 11.5 Å². The van der Waals surface area contributed by atoms with E-state index in [2.05, 4.69) is 43.1 Å². The molecular formula is C33H38N2O6. The van der Waals surface area contributed by atoms with Crippen LogP contribution in [0.2, 0.25) is 0 Å². The van der Waals surface area contributed by atoms with Gasteiger partial charge in [0.2, 0.25) is 5.91 Å². The Hall–Kier alpha value is -3.88. The van der Waals surface area contributed by atoms with Gasteiger partial charge in [0.1, 0.15) is 23.5 Å². The van der Waals surface area contributed by atoms with E-state index in [1.165, 1.54) is 7.11 Å². The third kappa shape index (κ3) is 5.29. The lowest BCUT2D eigenvalue weighted by Gasteiger charge is -2.33. The molecule has 8 nitrogen and oxygen atoms in total. The maximum absolute atomic E-state index is 14.4. The van der Waals surface area contributed by atoms with E-state index in [-0.39, 0.29) is 11.3 Å². The Morgan fingerprint density at radius 3 is 2.39 bits per heavy atom. The maximum atomic E-state index is 14.4. The number of nitrogens with zero attached hydrogens (tertiary/aromatic N) is 1. The number of carbonyl (C=O) groups excluding carboxylic acids is 2. The normalized spacial score (nSPS) is 18.9. The van der Waals surface area contributed by atoms with Crippen molar-refractivity contribution in [2.45, 2.75) is 31.6 Å². The van der Waals surface area contributed by atoms with E-state index in [0.29, 0.717) is 48.1 Å². The summed E-state index contributed by atoms with van der Waals surface area (Å²) in [7, 11) is 2.95. The second-order valence-corrected chi connectivity index (χ2v) is 11.4. The third-order valence-corrected chi connectivity index (χ3v) is 7.99. The van der Waals surface area contributed by atoms with Crippen LogP contribution in [0.25, 0.3) is 0 Å². The molecule has 1 amide bonds. The lowest BCUT2D eigenvalue weighted by atomic mass is 9.68. The molecule has 0 aliphatic carbocycles. The third-order valence-electron chi connectivity index (χ3n) is 7.99. The Kier molecular flexibility index (Phi) is 8.07.